The molecule has 2 aromatic carbocycles. The smallest absolute Gasteiger partial charge is 0.331 e. The number of sulfonamides is 1. The summed E-state index contributed by atoms with van der Waals surface area (Å²) in [6.07, 6.45) is -2.87. The van der Waals surface area contributed by atoms with E-state index in [1.54, 1.807) is 18.7 Å². The van der Waals surface area contributed by atoms with Crippen molar-refractivity contribution in [2.24, 2.45) is 0 Å². The molecule has 2 aromatic rings. The number of benzene rings is 2. The van der Waals surface area contributed by atoms with Gasteiger partial charge in [-0.3, -0.25) is 4.79 Å². The highest BCUT2D eigenvalue weighted by Gasteiger charge is 2.35. The summed E-state index contributed by atoms with van der Waals surface area (Å²) in [5.41, 5.74) is -0.0309. The van der Waals surface area contributed by atoms with Gasteiger partial charge < -0.3 is 4.90 Å². The monoisotopic (exact) mass is 488 g/mol. The lowest BCUT2D eigenvalue weighted by molar-refractivity contribution is -0.137. The summed E-state index contributed by atoms with van der Waals surface area (Å²) in [4.78, 5) is 14.7. The second kappa shape index (κ2) is 9.41. The van der Waals surface area contributed by atoms with Crippen LogP contribution in [0.5, 0.6) is 0 Å². The second-order valence-corrected chi connectivity index (χ2v) is 9.91. The Kier molecular flexibility index (Phi) is 7.21. The van der Waals surface area contributed by atoms with E-state index in [-0.39, 0.29) is 47.1 Å². The van der Waals surface area contributed by atoms with Gasteiger partial charge in [-0.2, -0.15) is 17.5 Å². The Hall–Kier alpha value is -2.10. The van der Waals surface area contributed by atoms with Gasteiger partial charge in [0.05, 0.1) is 10.6 Å². The molecule has 1 fully saturated rings. The summed E-state index contributed by atoms with van der Waals surface area (Å²) in [6, 6.07) is 8.77. The Labute approximate surface area is 190 Å². The second-order valence-electron chi connectivity index (χ2n) is 7.59. The zero-order chi connectivity index (χ0) is 23.7. The highest BCUT2D eigenvalue weighted by atomic mass is 35.5. The van der Waals surface area contributed by atoms with Gasteiger partial charge in [-0.1, -0.05) is 37.6 Å². The minimum absolute atomic E-state index is 0.0224. The molecule has 0 radical (unpaired) electrons. The van der Waals surface area contributed by atoms with Crippen LogP contribution in [0.15, 0.2) is 47.4 Å². The zero-order valence-electron chi connectivity index (χ0n) is 17.7. The lowest BCUT2D eigenvalue weighted by atomic mass is 10.1. The minimum Gasteiger partial charge on any atom is -0.331 e. The first-order chi connectivity index (χ1) is 15.0. The first kappa shape index (κ1) is 24.5. The van der Waals surface area contributed by atoms with Crippen molar-refractivity contribution >= 4 is 27.5 Å². The average Bonchev–Trinajstić information content (AvgIpc) is 3.57. The quantitative estimate of drug-likeness (QED) is 0.513. The summed E-state index contributed by atoms with van der Waals surface area (Å²) >= 11 is 6.16. The molecule has 5 nitrogen and oxygen atoms in total. The molecule has 3 rings (SSSR count). The van der Waals surface area contributed by atoms with Crippen molar-refractivity contribution in [2.75, 3.05) is 13.1 Å². The number of amides is 1. The fraction of sp³-hybridized carbons (Fsp3) is 0.409. The molecule has 1 aliphatic rings. The molecule has 1 saturated carbocycles. The van der Waals surface area contributed by atoms with Gasteiger partial charge >= 0.3 is 6.18 Å². The maximum atomic E-state index is 13.3. The normalized spacial score (nSPS) is 14.6. The molecule has 0 spiro atoms. The molecular formula is C22H24ClF3N2O3S. The molecule has 0 atom stereocenters. The molecule has 0 heterocycles. The summed E-state index contributed by atoms with van der Waals surface area (Å²) in [5.74, 6) is -0.389. The van der Waals surface area contributed by atoms with Gasteiger partial charge in [-0.05, 0) is 48.7 Å². The summed E-state index contributed by atoms with van der Waals surface area (Å²) in [5, 5.41) is 0.0224. The van der Waals surface area contributed by atoms with E-state index in [0.717, 1.165) is 25.0 Å². The number of nitrogens with zero attached hydrogens (tertiary/aromatic N) is 2. The average molecular weight is 489 g/mol. The Morgan fingerprint density at radius 3 is 2.16 bits per heavy atom. The van der Waals surface area contributed by atoms with Crippen molar-refractivity contribution in [3.05, 3.63) is 64.2 Å². The molecule has 32 heavy (non-hydrogen) atoms. The van der Waals surface area contributed by atoms with Gasteiger partial charge in [0.1, 0.15) is 4.90 Å². The molecule has 0 aromatic heterocycles. The maximum Gasteiger partial charge on any atom is 0.416 e. The van der Waals surface area contributed by atoms with Gasteiger partial charge in [0.25, 0.3) is 5.91 Å². The van der Waals surface area contributed by atoms with Crippen LogP contribution in [0.2, 0.25) is 5.02 Å². The Morgan fingerprint density at radius 1 is 1.06 bits per heavy atom. The fourth-order valence-corrected chi connectivity index (χ4v) is 5.41. The Bertz CT molecular complexity index is 1080. The molecular weight excluding hydrogens is 465 g/mol. The highest BCUT2D eigenvalue weighted by Crippen LogP contribution is 2.33. The predicted molar refractivity (Wildman–Crippen MR) is 116 cm³/mol. The van der Waals surface area contributed by atoms with Gasteiger partial charge in [-0.25, -0.2) is 8.42 Å². The van der Waals surface area contributed by atoms with Crippen molar-refractivity contribution < 1.29 is 26.4 Å². The van der Waals surface area contributed by atoms with E-state index >= 15 is 0 Å². The topological polar surface area (TPSA) is 57.7 Å². The molecule has 1 aliphatic carbocycles. The van der Waals surface area contributed by atoms with Crippen LogP contribution in [0.1, 0.15) is 48.2 Å². The third-order valence-corrected chi connectivity index (χ3v) is 7.92. The van der Waals surface area contributed by atoms with Crippen LogP contribution in [0.25, 0.3) is 0 Å². The van der Waals surface area contributed by atoms with E-state index in [2.05, 4.69) is 0 Å². The van der Waals surface area contributed by atoms with E-state index in [9.17, 15) is 26.4 Å². The number of carbonyl (C=O) groups is 1. The standard InChI is InChI=1S/C22H24ClF3N2O3S/c1-3-27(4-2)32(30,31)20-13-16(7-12-19(20)23)21(29)28(18-10-11-18)14-15-5-8-17(9-6-15)22(24,25)26/h5-9,12-13,18H,3-4,10-11,14H2,1-2H3. The van der Waals surface area contributed by atoms with E-state index in [1.807, 2.05) is 0 Å². The minimum atomic E-state index is -4.43. The SMILES string of the molecule is CCN(CC)S(=O)(=O)c1cc(C(=O)N(Cc2ccc(C(F)(F)F)cc2)C2CC2)ccc1Cl. The van der Waals surface area contributed by atoms with E-state index < -0.39 is 21.8 Å². The Balaban J connectivity index is 1.89. The van der Waals surface area contributed by atoms with E-state index in [1.165, 1.54) is 34.6 Å². The highest BCUT2D eigenvalue weighted by molar-refractivity contribution is 7.89. The lowest BCUT2D eigenvalue weighted by Crippen LogP contribution is -2.33. The van der Waals surface area contributed by atoms with Crippen molar-refractivity contribution in [2.45, 2.75) is 50.3 Å². The first-order valence-corrected chi connectivity index (χ1v) is 12.1. The van der Waals surface area contributed by atoms with Gasteiger partial charge in [-0.15, -0.1) is 0 Å². The third kappa shape index (κ3) is 5.27. The van der Waals surface area contributed by atoms with E-state index in [4.69, 9.17) is 11.6 Å². The number of rotatable bonds is 8. The molecule has 0 unspecified atom stereocenters. The number of alkyl halides is 3. The number of hydrogen-bond donors (Lipinski definition) is 0. The number of carbonyl (C=O) groups excluding carboxylic acids is 1. The van der Waals surface area contributed by atoms with E-state index in [0.29, 0.717) is 5.56 Å². The van der Waals surface area contributed by atoms with Gasteiger partial charge in [0.15, 0.2) is 0 Å². The molecule has 0 N–H and O–H groups in total. The van der Waals surface area contributed by atoms with Crippen LogP contribution in [-0.2, 0) is 22.7 Å². The summed E-state index contributed by atoms with van der Waals surface area (Å²) < 4.78 is 65.6. The fourth-order valence-electron chi connectivity index (χ4n) is 3.45. The van der Waals surface area contributed by atoms with Crippen molar-refractivity contribution in [1.29, 1.82) is 0 Å². The maximum absolute atomic E-state index is 13.3. The van der Waals surface area contributed by atoms with Gasteiger partial charge in [0.2, 0.25) is 10.0 Å². The van der Waals surface area contributed by atoms with Crippen LogP contribution in [-0.4, -0.2) is 42.7 Å². The predicted octanol–water partition coefficient (Wildman–Crippen LogP) is 5.19. The van der Waals surface area contributed by atoms with Crippen LogP contribution >= 0.6 is 11.6 Å². The molecule has 0 saturated heterocycles. The van der Waals surface area contributed by atoms with Gasteiger partial charge in [0, 0.05) is 31.2 Å². The van der Waals surface area contributed by atoms with Crippen LogP contribution in [0.4, 0.5) is 13.2 Å². The molecule has 10 heteroatoms. The summed E-state index contributed by atoms with van der Waals surface area (Å²) in [7, 11) is -3.87. The lowest BCUT2D eigenvalue weighted by Gasteiger charge is -2.24. The number of hydrogen-bond acceptors (Lipinski definition) is 3. The zero-order valence-corrected chi connectivity index (χ0v) is 19.3. The summed E-state index contributed by atoms with van der Waals surface area (Å²) in [6.45, 7) is 4.07. The van der Waals surface area contributed by atoms with Crippen molar-refractivity contribution in [3.63, 3.8) is 0 Å². The van der Waals surface area contributed by atoms with Crippen LogP contribution in [0, 0.1) is 0 Å². The largest absolute Gasteiger partial charge is 0.416 e. The molecule has 174 valence electrons. The molecule has 0 bridgehead atoms. The van der Waals surface area contributed by atoms with Crippen molar-refractivity contribution in [1.82, 2.24) is 9.21 Å². The van der Waals surface area contributed by atoms with Crippen LogP contribution < -0.4 is 0 Å². The van der Waals surface area contributed by atoms with Crippen LogP contribution in [0.3, 0.4) is 0 Å². The third-order valence-electron chi connectivity index (χ3n) is 5.38. The number of halogens is 4. The first-order valence-electron chi connectivity index (χ1n) is 10.3. The van der Waals surface area contributed by atoms with Crippen molar-refractivity contribution in [3.8, 4) is 0 Å². The molecule has 0 aliphatic heterocycles. The molecule has 1 amide bonds. The Morgan fingerprint density at radius 2 is 1.66 bits per heavy atom.